The van der Waals surface area contributed by atoms with Gasteiger partial charge in [-0.25, -0.2) is 15.6 Å². The third kappa shape index (κ3) is 2.06. The number of hydrogen-bond donors (Lipinski definition) is 1. The van der Waals surface area contributed by atoms with E-state index in [0.717, 1.165) is 5.55 Å². The van der Waals surface area contributed by atoms with E-state index in [2.05, 4.69) is 15.9 Å². The van der Waals surface area contributed by atoms with Crippen molar-refractivity contribution in [3.63, 3.8) is 0 Å². The number of halogens is 2. The summed E-state index contributed by atoms with van der Waals surface area (Å²) in [5.74, 6) is -0.531. The van der Waals surface area contributed by atoms with Gasteiger partial charge in [-0.1, -0.05) is 15.9 Å². The first kappa shape index (κ1) is 9.70. The van der Waals surface area contributed by atoms with Gasteiger partial charge in [0.25, 0.3) is 0 Å². The zero-order valence-corrected chi connectivity index (χ0v) is 8.56. The Hall–Kier alpha value is -0.390. The molecule has 1 aromatic carbocycles. The summed E-state index contributed by atoms with van der Waals surface area (Å²) < 4.78 is 24.6. The van der Waals surface area contributed by atoms with Gasteiger partial charge in [-0.2, -0.15) is 0 Å². The van der Waals surface area contributed by atoms with Crippen molar-refractivity contribution >= 4 is 32.7 Å². The first-order valence-electron chi connectivity index (χ1n) is 3.15. The Balaban J connectivity index is 3.09. The van der Waals surface area contributed by atoms with E-state index in [-0.39, 0.29) is 4.90 Å². The van der Waals surface area contributed by atoms with Crippen molar-refractivity contribution in [3.8, 4) is 0 Å². The molecule has 0 unspecified atom stereocenters. The number of hydrogen-bond acceptors (Lipinski definition) is 2. The lowest BCUT2D eigenvalue weighted by Crippen LogP contribution is -2.03. The number of rotatable bonds is 2. The highest BCUT2D eigenvalue weighted by Gasteiger charge is 2.05. The molecule has 0 heterocycles. The topological polar surface area (TPSA) is 46.9 Å². The summed E-state index contributed by atoms with van der Waals surface area (Å²) in [5, 5.41) is 6.73. The van der Waals surface area contributed by atoms with Crippen LogP contribution >= 0.6 is 15.9 Å². The van der Waals surface area contributed by atoms with Crippen molar-refractivity contribution in [3.05, 3.63) is 28.5 Å². The second-order valence-corrected chi connectivity index (χ2v) is 4.60. The van der Waals surface area contributed by atoms with Gasteiger partial charge >= 0.3 is 0 Å². The van der Waals surface area contributed by atoms with Crippen LogP contribution in [0.2, 0.25) is 0 Å². The molecule has 0 atom stereocenters. The summed E-state index contributed by atoms with van der Waals surface area (Å²) in [6.07, 6.45) is 0. The van der Waals surface area contributed by atoms with Gasteiger partial charge in [0.15, 0.2) is 5.82 Å². The molecule has 0 amide bonds. The van der Waals surface area contributed by atoms with Gasteiger partial charge in [0.1, 0.15) is 10.4 Å². The molecular weight excluding hydrogens is 245 g/mol. The van der Waals surface area contributed by atoms with E-state index in [9.17, 15) is 8.94 Å². The zero-order chi connectivity index (χ0) is 9.14. The monoisotopic (exact) mass is 251 g/mol. The summed E-state index contributed by atoms with van der Waals surface area (Å²) in [5.41, 5.74) is 0.775. The van der Waals surface area contributed by atoms with E-state index in [4.69, 9.17) is 5.41 Å². The van der Waals surface area contributed by atoms with Crippen molar-refractivity contribution in [1.82, 2.24) is 0 Å². The third-order valence-corrected chi connectivity index (χ3v) is 3.02. The quantitative estimate of drug-likeness (QED) is 0.486. The van der Waals surface area contributed by atoms with Crippen LogP contribution in [-0.4, -0.2) is 10.1 Å². The summed E-state index contributed by atoms with van der Waals surface area (Å²) in [6, 6.07) is 4.26. The highest BCUT2D eigenvalue weighted by atomic mass is 79.9. The van der Waals surface area contributed by atoms with Crippen LogP contribution in [0, 0.1) is 11.2 Å². The van der Waals surface area contributed by atoms with Crippen LogP contribution in [0.5, 0.6) is 0 Å². The van der Waals surface area contributed by atoms with Crippen LogP contribution < -0.4 is 0 Å². The largest absolute Gasteiger partial charge is 0.679 e. The lowest BCUT2D eigenvalue weighted by Gasteiger charge is -2.15. The SMILES string of the molecule is N=C[SH2+]([O-])c1ccc(Br)cc1F. The van der Waals surface area contributed by atoms with E-state index in [1.54, 1.807) is 6.07 Å². The van der Waals surface area contributed by atoms with Gasteiger partial charge in [0, 0.05) is 4.47 Å². The van der Waals surface area contributed by atoms with Gasteiger partial charge in [0.05, 0.1) is 0 Å². The Labute approximate surface area is 80.6 Å². The molecule has 2 nitrogen and oxygen atoms in total. The smallest absolute Gasteiger partial charge is 0.171 e. The maximum atomic E-state index is 13.0. The number of benzene rings is 1. The fraction of sp³-hybridized carbons (Fsp3) is 0. The molecule has 5 heteroatoms. The molecule has 0 fully saturated rings. The molecule has 0 radical (unpaired) electrons. The predicted molar refractivity (Wildman–Crippen MR) is 52.1 cm³/mol. The summed E-state index contributed by atoms with van der Waals surface area (Å²) in [6.45, 7) is 0. The van der Waals surface area contributed by atoms with E-state index in [1.165, 1.54) is 12.1 Å². The lowest BCUT2D eigenvalue weighted by molar-refractivity contribution is 0.573. The first-order valence-corrected chi connectivity index (χ1v) is 5.43. The second-order valence-electron chi connectivity index (χ2n) is 2.13. The van der Waals surface area contributed by atoms with E-state index in [0.29, 0.717) is 4.47 Å². The van der Waals surface area contributed by atoms with Crippen molar-refractivity contribution < 1.29 is 8.94 Å². The standard InChI is InChI=1S/C7H7BrFNOS/c8-5-1-2-7(6(9)3-5)12(11)4-10/h1-4,10H,12H2. The molecule has 1 rings (SSSR count). The van der Waals surface area contributed by atoms with Crippen molar-refractivity contribution in [1.29, 1.82) is 5.41 Å². The zero-order valence-electron chi connectivity index (χ0n) is 5.97. The first-order chi connectivity index (χ1) is 5.65. The Morgan fingerprint density at radius 2 is 2.25 bits per heavy atom. The molecule has 0 aliphatic heterocycles. The van der Waals surface area contributed by atoms with Gasteiger partial charge in [-0.3, -0.25) is 5.41 Å². The highest BCUT2D eigenvalue weighted by molar-refractivity contribution is 9.10. The number of nitrogens with one attached hydrogen (secondary N) is 1. The van der Waals surface area contributed by atoms with Crippen molar-refractivity contribution in [2.24, 2.45) is 0 Å². The van der Waals surface area contributed by atoms with E-state index >= 15 is 0 Å². The molecular formula is C7H7BrFNOS. The molecule has 0 aromatic heterocycles. The second kappa shape index (κ2) is 4.02. The maximum absolute atomic E-state index is 13.0. The van der Waals surface area contributed by atoms with Crippen LogP contribution in [0.25, 0.3) is 0 Å². The minimum atomic E-state index is -2.36. The minimum absolute atomic E-state index is 0.109. The fourth-order valence-electron chi connectivity index (χ4n) is 0.767. The molecule has 0 spiro atoms. The van der Waals surface area contributed by atoms with Crippen molar-refractivity contribution in [2.75, 3.05) is 0 Å². The van der Waals surface area contributed by atoms with Gasteiger partial charge in [-0.15, -0.1) is 0 Å². The molecule has 0 aliphatic rings. The highest BCUT2D eigenvalue weighted by Crippen LogP contribution is 2.19. The van der Waals surface area contributed by atoms with Crippen LogP contribution in [-0.2, 0) is 11.2 Å². The summed E-state index contributed by atoms with van der Waals surface area (Å²) in [7, 11) is 0. The molecule has 0 bridgehead atoms. The Morgan fingerprint density at radius 3 is 2.75 bits per heavy atom. The van der Waals surface area contributed by atoms with Crippen LogP contribution in [0.15, 0.2) is 27.6 Å². The van der Waals surface area contributed by atoms with Crippen LogP contribution in [0.3, 0.4) is 0 Å². The fourth-order valence-corrected chi connectivity index (χ4v) is 1.81. The summed E-state index contributed by atoms with van der Waals surface area (Å²) in [4.78, 5) is 0.109. The van der Waals surface area contributed by atoms with Gasteiger partial charge in [0.2, 0.25) is 0 Å². The Kier molecular flexibility index (Phi) is 3.25. The maximum Gasteiger partial charge on any atom is 0.171 e. The molecule has 0 saturated carbocycles. The normalized spacial score (nSPS) is 11.1. The Morgan fingerprint density at radius 1 is 1.58 bits per heavy atom. The molecule has 12 heavy (non-hydrogen) atoms. The van der Waals surface area contributed by atoms with E-state index < -0.39 is 17.0 Å². The third-order valence-electron chi connectivity index (χ3n) is 1.33. The van der Waals surface area contributed by atoms with Gasteiger partial charge < -0.3 is 4.55 Å². The van der Waals surface area contributed by atoms with Crippen molar-refractivity contribution in [2.45, 2.75) is 4.90 Å². The summed E-state index contributed by atoms with van der Waals surface area (Å²) >= 11 is 0.722. The minimum Gasteiger partial charge on any atom is -0.679 e. The Bertz CT molecular complexity index is 307. The lowest BCUT2D eigenvalue weighted by atomic mass is 10.3. The molecule has 0 saturated heterocycles. The molecule has 1 N–H and O–H groups in total. The predicted octanol–water partition coefficient (Wildman–Crippen LogP) is 1.77. The van der Waals surface area contributed by atoms with Crippen LogP contribution in [0.1, 0.15) is 0 Å². The van der Waals surface area contributed by atoms with E-state index in [1.807, 2.05) is 0 Å². The van der Waals surface area contributed by atoms with Crippen LogP contribution in [0.4, 0.5) is 4.39 Å². The molecule has 0 aliphatic carbocycles. The average molecular weight is 252 g/mol. The van der Waals surface area contributed by atoms with Gasteiger partial charge in [-0.05, 0) is 18.2 Å². The molecule has 66 valence electrons. The molecule has 1 aromatic rings. The average Bonchev–Trinajstić information content (AvgIpc) is 2.03.